The Hall–Kier alpha value is -1.24. The first-order chi connectivity index (χ1) is 5.45. The fraction of sp³-hybridized carbons (Fsp3) is 0.200. The molecule has 3 aliphatic rings. The molecule has 0 spiro atoms. The van der Waals surface area contributed by atoms with Gasteiger partial charge in [0.15, 0.2) is 0 Å². The summed E-state index contributed by atoms with van der Waals surface area (Å²) in [5.74, 6) is 0. The number of nitrogens with zero attached hydrogens (tertiary/aromatic N) is 1. The van der Waals surface area contributed by atoms with Crippen LogP contribution in [0.15, 0.2) is 48.2 Å². The highest BCUT2D eigenvalue weighted by molar-refractivity contribution is 5.42. The molecule has 1 heteroatoms. The average Bonchev–Trinajstić information content (AvgIpc) is 2.60. The molecule has 3 heterocycles. The number of allylic oxidation sites excluding steroid dienone is 3. The molecule has 0 bridgehead atoms. The Morgan fingerprint density at radius 1 is 1.00 bits per heavy atom. The molecule has 0 radical (unpaired) electrons. The number of rotatable bonds is 0. The van der Waals surface area contributed by atoms with Crippen LogP contribution in [0.3, 0.4) is 0 Å². The van der Waals surface area contributed by atoms with Crippen LogP contribution in [0.5, 0.6) is 0 Å². The third-order valence-electron chi connectivity index (χ3n) is 2.49. The molecule has 0 aromatic carbocycles. The van der Waals surface area contributed by atoms with Gasteiger partial charge in [0.25, 0.3) is 0 Å². The molecule has 0 aliphatic carbocycles. The number of hydrogen-bond donors (Lipinski definition) is 0. The normalized spacial score (nSPS) is 36.4. The lowest BCUT2D eigenvalue weighted by Gasteiger charge is -2.28. The molecular weight excluding hydrogens is 134 g/mol. The first kappa shape index (κ1) is 5.42. The van der Waals surface area contributed by atoms with E-state index in [1.54, 1.807) is 0 Å². The zero-order valence-corrected chi connectivity index (χ0v) is 6.14. The summed E-state index contributed by atoms with van der Waals surface area (Å²) in [7, 11) is 0. The van der Waals surface area contributed by atoms with Crippen molar-refractivity contribution in [3.05, 3.63) is 48.2 Å². The van der Waals surface area contributed by atoms with Gasteiger partial charge >= 0.3 is 0 Å². The topological polar surface area (TPSA) is 3.24 Å². The maximum Gasteiger partial charge on any atom is 0.0671 e. The predicted molar refractivity (Wildman–Crippen MR) is 44.9 cm³/mol. The van der Waals surface area contributed by atoms with Crippen molar-refractivity contribution >= 4 is 0 Å². The molecule has 2 unspecified atom stereocenters. The molecule has 0 N–H and O–H groups in total. The van der Waals surface area contributed by atoms with Gasteiger partial charge in [0.1, 0.15) is 0 Å². The largest absolute Gasteiger partial charge is 0.352 e. The summed E-state index contributed by atoms with van der Waals surface area (Å²) >= 11 is 0. The first-order valence-corrected chi connectivity index (χ1v) is 3.98. The van der Waals surface area contributed by atoms with Crippen molar-refractivity contribution in [2.24, 2.45) is 0 Å². The van der Waals surface area contributed by atoms with Crippen molar-refractivity contribution in [1.82, 2.24) is 4.90 Å². The molecular formula is C10H9N. The number of hydrogen-bond acceptors (Lipinski definition) is 1. The van der Waals surface area contributed by atoms with Crippen LogP contribution in [-0.4, -0.2) is 17.0 Å². The van der Waals surface area contributed by atoms with Crippen LogP contribution in [0.2, 0.25) is 0 Å². The van der Waals surface area contributed by atoms with Crippen LogP contribution < -0.4 is 0 Å². The quantitative estimate of drug-likeness (QED) is 0.466. The molecule has 0 fully saturated rings. The molecule has 2 atom stereocenters. The minimum atomic E-state index is 0.523. The van der Waals surface area contributed by atoms with Gasteiger partial charge in [-0.25, -0.2) is 0 Å². The van der Waals surface area contributed by atoms with Gasteiger partial charge in [-0.3, -0.25) is 0 Å². The summed E-state index contributed by atoms with van der Waals surface area (Å²) < 4.78 is 0. The zero-order valence-electron chi connectivity index (χ0n) is 6.14. The predicted octanol–water partition coefficient (Wildman–Crippen LogP) is 1.62. The first-order valence-electron chi connectivity index (χ1n) is 3.98. The summed E-state index contributed by atoms with van der Waals surface area (Å²) in [4.78, 5) is 2.42. The van der Waals surface area contributed by atoms with E-state index in [0.29, 0.717) is 12.1 Å². The summed E-state index contributed by atoms with van der Waals surface area (Å²) in [6.07, 6.45) is 15.5. The fourth-order valence-electron chi connectivity index (χ4n) is 1.96. The van der Waals surface area contributed by atoms with Gasteiger partial charge in [-0.05, 0) is 12.2 Å². The second-order valence-corrected chi connectivity index (χ2v) is 3.11. The molecule has 3 aliphatic heterocycles. The maximum absolute atomic E-state index is 2.42. The third-order valence-corrected chi connectivity index (χ3v) is 2.49. The van der Waals surface area contributed by atoms with Crippen LogP contribution in [0.4, 0.5) is 0 Å². The van der Waals surface area contributed by atoms with Gasteiger partial charge in [0.2, 0.25) is 0 Å². The average molecular weight is 143 g/mol. The van der Waals surface area contributed by atoms with Gasteiger partial charge in [-0.15, -0.1) is 0 Å². The Kier molecular flexibility index (Phi) is 0.823. The summed E-state index contributed by atoms with van der Waals surface area (Å²) in [5, 5.41) is 0. The fourth-order valence-corrected chi connectivity index (χ4v) is 1.96. The summed E-state index contributed by atoms with van der Waals surface area (Å²) in [5.41, 5.74) is 1.35. The van der Waals surface area contributed by atoms with E-state index in [0.717, 1.165) is 0 Å². The Balaban J connectivity index is 2.17. The summed E-state index contributed by atoms with van der Waals surface area (Å²) in [6, 6.07) is 1.06. The van der Waals surface area contributed by atoms with E-state index >= 15 is 0 Å². The smallest absolute Gasteiger partial charge is 0.0671 e. The van der Waals surface area contributed by atoms with Gasteiger partial charge < -0.3 is 4.90 Å². The molecule has 0 saturated heterocycles. The third kappa shape index (κ3) is 0.559. The molecule has 0 aromatic rings. The van der Waals surface area contributed by atoms with Crippen LogP contribution in [-0.2, 0) is 0 Å². The van der Waals surface area contributed by atoms with Gasteiger partial charge in [0.05, 0.1) is 12.1 Å². The highest BCUT2D eigenvalue weighted by Gasteiger charge is 2.30. The molecule has 11 heavy (non-hydrogen) atoms. The van der Waals surface area contributed by atoms with E-state index < -0.39 is 0 Å². The van der Waals surface area contributed by atoms with Crippen molar-refractivity contribution in [1.29, 1.82) is 0 Å². The molecule has 54 valence electrons. The highest BCUT2D eigenvalue weighted by Crippen LogP contribution is 2.32. The van der Waals surface area contributed by atoms with Crippen molar-refractivity contribution in [3.8, 4) is 0 Å². The van der Waals surface area contributed by atoms with Crippen molar-refractivity contribution in [3.63, 3.8) is 0 Å². The van der Waals surface area contributed by atoms with Crippen molar-refractivity contribution < 1.29 is 0 Å². The highest BCUT2D eigenvalue weighted by atomic mass is 15.2. The molecule has 3 rings (SSSR count). The summed E-state index contributed by atoms with van der Waals surface area (Å²) in [6.45, 7) is 0. The lowest BCUT2D eigenvalue weighted by molar-refractivity contribution is 0.360. The van der Waals surface area contributed by atoms with E-state index in [-0.39, 0.29) is 0 Å². The Morgan fingerprint density at radius 3 is 2.73 bits per heavy atom. The van der Waals surface area contributed by atoms with E-state index in [1.165, 1.54) is 5.70 Å². The molecule has 0 aromatic heterocycles. The van der Waals surface area contributed by atoms with Crippen LogP contribution in [0.1, 0.15) is 0 Å². The van der Waals surface area contributed by atoms with Crippen molar-refractivity contribution in [2.75, 3.05) is 0 Å². The molecule has 0 amide bonds. The van der Waals surface area contributed by atoms with Crippen LogP contribution in [0.25, 0.3) is 0 Å². The van der Waals surface area contributed by atoms with E-state index in [2.05, 4.69) is 47.4 Å². The van der Waals surface area contributed by atoms with Crippen LogP contribution in [0, 0.1) is 0 Å². The Bertz CT molecular complexity index is 307. The maximum atomic E-state index is 2.42. The van der Waals surface area contributed by atoms with Gasteiger partial charge in [0, 0.05) is 5.70 Å². The standard InChI is InChI=1S/C10H9N/c1-2-8-4-6-10-7-5-9(3-1)11(8)10/h1-8,10H. The SMILES string of the molecule is C1=CC2C=CC3C=CC(=C1)N23. The lowest BCUT2D eigenvalue weighted by Crippen LogP contribution is -2.31. The van der Waals surface area contributed by atoms with Crippen LogP contribution >= 0.6 is 0 Å². The van der Waals surface area contributed by atoms with E-state index in [1.807, 2.05) is 0 Å². The van der Waals surface area contributed by atoms with Crippen molar-refractivity contribution in [2.45, 2.75) is 12.1 Å². The Labute approximate surface area is 66.0 Å². The minimum absolute atomic E-state index is 0.523. The second-order valence-electron chi connectivity index (χ2n) is 3.11. The lowest BCUT2D eigenvalue weighted by atomic mass is 10.2. The van der Waals surface area contributed by atoms with Gasteiger partial charge in [-0.2, -0.15) is 0 Å². The molecule has 1 nitrogen and oxygen atoms in total. The van der Waals surface area contributed by atoms with E-state index in [4.69, 9.17) is 0 Å². The zero-order chi connectivity index (χ0) is 7.26. The second kappa shape index (κ2) is 1.67. The molecule has 0 saturated carbocycles. The monoisotopic (exact) mass is 143 g/mol. The van der Waals surface area contributed by atoms with Gasteiger partial charge in [-0.1, -0.05) is 30.4 Å². The minimum Gasteiger partial charge on any atom is -0.352 e. The van der Waals surface area contributed by atoms with E-state index in [9.17, 15) is 0 Å². The Morgan fingerprint density at radius 2 is 1.82 bits per heavy atom.